The van der Waals surface area contributed by atoms with Crippen LogP contribution in [-0.4, -0.2) is 25.3 Å². The van der Waals surface area contributed by atoms with E-state index in [0.717, 1.165) is 25.1 Å². The van der Waals surface area contributed by atoms with Gasteiger partial charge in [0.15, 0.2) is 0 Å². The molecule has 96 valence electrons. The fourth-order valence-electron chi connectivity index (χ4n) is 1.89. The first-order chi connectivity index (χ1) is 7.72. The van der Waals surface area contributed by atoms with E-state index in [1.165, 1.54) is 38.5 Å². The summed E-state index contributed by atoms with van der Waals surface area (Å²) in [5.74, 6) is 0.804. The van der Waals surface area contributed by atoms with Crippen molar-refractivity contribution in [3.63, 3.8) is 0 Å². The first kappa shape index (κ1) is 14.0. The molecule has 1 N–H and O–H groups in total. The molecule has 1 unspecified atom stereocenters. The van der Waals surface area contributed by atoms with Gasteiger partial charge in [0.25, 0.3) is 0 Å². The lowest BCUT2D eigenvalue weighted by atomic mass is 10.1. The van der Waals surface area contributed by atoms with Crippen LogP contribution in [0.1, 0.15) is 59.3 Å². The average Bonchev–Trinajstić information content (AvgIpc) is 3.04. The van der Waals surface area contributed by atoms with Gasteiger partial charge in [0, 0.05) is 19.2 Å². The molecular weight excluding hydrogens is 198 g/mol. The smallest absolute Gasteiger partial charge is 0.0699 e. The fraction of sp³-hybridized carbons (Fsp3) is 1.00. The summed E-state index contributed by atoms with van der Waals surface area (Å²) < 4.78 is 5.95. The van der Waals surface area contributed by atoms with Crippen molar-refractivity contribution in [1.82, 2.24) is 5.32 Å². The molecule has 1 aliphatic carbocycles. The molecule has 0 radical (unpaired) electrons. The van der Waals surface area contributed by atoms with Gasteiger partial charge in [-0.3, -0.25) is 0 Å². The van der Waals surface area contributed by atoms with Crippen molar-refractivity contribution < 1.29 is 4.74 Å². The fourth-order valence-corrected chi connectivity index (χ4v) is 1.89. The molecule has 16 heavy (non-hydrogen) atoms. The second-order valence-electron chi connectivity index (χ2n) is 5.50. The van der Waals surface area contributed by atoms with Gasteiger partial charge in [-0.15, -0.1) is 0 Å². The lowest BCUT2D eigenvalue weighted by Gasteiger charge is -2.18. The Morgan fingerprint density at radius 2 is 2.00 bits per heavy atom. The van der Waals surface area contributed by atoms with Crippen LogP contribution >= 0.6 is 0 Å². The SMILES string of the molecule is CCCC(CNC1CC1)OCCCC(C)C. The van der Waals surface area contributed by atoms with E-state index in [1.807, 2.05) is 0 Å². The molecule has 0 aromatic carbocycles. The molecule has 0 aromatic heterocycles. The molecule has 0 saturated heterocycles. The summed E-state index contributed by atoms with van der Waals surface area (Å²) >= 11 is 0. The molecule has 0 spiro atoms. The van der Waals surface area contributed by atoms with Gasteiger partial charge in [-0.2, -0.15) is 0 Å². The van der Waals surface area contributed by atoms with E-state index in [0.29, 0.717) is 6.10 Å². The number of hydrogen-bond donors (Lipinski definition) is 1. The van der Waals surface area contributed by atoms with Crippen LogP contribution in [0.3, 0.4) is 0 Å². The highest BCUT2D eigenvalue weighted by molar-refractivity contribution is 4.82. The summed E-state index contributed by atoms with van der Waals surface area (Å²) in [6, 6.07) is 0.804. The van der Waals surface area contributed by atoms with Crippen molar-refractivity contribution in [2.75, 3.05) is 13.2 Å². The van der Waals surface area contributed by atoms with Gasteiger partial charge in [-0.05, 0) is 38.0 Å². The molecule has 0 heterocycles. The normalized spacial score (nSPS) is 18.0. The maximum atomic E-state index is 5.95. The number of hydrogen-bond acceptors (Lipinski definition) is 2. The first-order valence-corrected chi connectivity index (χ1v) is 7.07. The summed E-state index contributed by atoms with van der Waals surface area (Å²) in [4.78, 5) is 0. The minimum absolute atomic E-state index is 0.442. The van der Waals surface area contributed by atoms with E-state index in [2.05, 4.69) is 26.1 Å². The zero-order chi connectivity index (χ0) is 11.8. The summed E-state index contributed by atoms with van der Waals surface area (Å²) in [7, 11) is 0. The van der Waals surface area contributed by atoms with Crippen molar-refractivity contribution in [2.24, 2.45) is 5.92 Å². The predicted molar refractivity (Wildman–Crippen MR) is 69.7 cm³/mol. The monoisotopic (exact) mass is 227 g/mol. The highest BCUT2D eigenvalue weighted by Crippen LogP contribution is 2.19. The van der Waals surface area contributed by atoms with Gasteiger partial charge >= 0.3 is 0 Å². The molecule has 1 rings (SSSR count). The Morgan fingerprint density at radius 3 is 2.56 bits per heavy atom. The molecule has 1 atom stereocenters. The van der Waals surface area contributed by atoms with Gasteiger partial charge in [-0.25, -0.2) is 0 Å². The van der Waals surface area contributed by atoms with Crippen molar-refractivity contribution in [2.45, 2.75) is 71.4 Å². The standard InChI is InChI=1S/C14H29NO/c1-4-6-14(11-15-13-8-9-13)16-10-5-7-12(2)3/h12-15H,4-11H2,1-3H3. The largest absolute Gasteiger partial charge is 0.377 e. The van der Waals surface area contributed by atoms with E-state index in [1.54, 1.807) is 0 Å². The van der Waals surface area contributed by atoms with Crippen LogP contribution in [0.4, 0.5) is 0 Å². The zero-order valence-corrected chi connectivity index (χ0v) is 11.3. The van der Waals surface area contributed by atoms with E-state index >= 15 is 0 Å². The van der Waals surface area contributed by atoms with Gasteiger partial charge in [0.05, 0.1) is 6.10 Å². The van der Waals surface area contributed by atoms with E-state index < -0.39 is 0 Å². The third-order valence-corrected chi connectivity index (χ3v) is 3.10. The Balaban J connectivity index is 2.01. The minimum Gasteiger partial charge on any atom is -0.377 e. The summed E-state index contributed by atoms with van der Waals surface area (Å²) in [5, 5.41) is 3.57. The highest BCUT2D eigenvalue weighted by atomic mass is 16.5. The van der Waals surface area contributed by atoms with Crippen LogP contribution in [0.25, 0.3) is 0 Å². The molecule has 0 bridgehead atoms. The minimum atomic E-state index is 0.442. The molecule has 1 saturated carbocycles. The third-order valence-electron chi connectivity index (χ3n) is 3.10. The number of ether oxygens (including phenoxy) is 1. The van der Waals surface area contributed by atoms with E-state index in [-0.39, 0.29) is 0 Å². The third kappa shape index (κ3) is 7.24. The Hall–Kier alpha value is -0.0800. The molecule has 0 aliphatic heterocycles. The second kappa shape index (κ2) is 8.08. The Kier molecular flexibility index (Phi) is 7.06. The number of nitrogens with one attached hydrogen (secondary N) is 1. The van der Waals surface area contributed by atoms with Crippen LogP contribution in [-0.2, 0) is 4.74 Å². The van der Waals surface area contributed by atoms with Crippen molar-refractivity contribution in [1.29, 1.82) is 0 Å². The second-order valence-corrected chi connectivity index (χ2v) is 5.50. The maximum absolute atomic E-state index is 5.95. The molecule has 1 fully saturated rings. The van der Waals surface area contributed by atoms with Crippen molar-refractivity contribution >= 4 is 0 Å². The maximum Gasteiger partial charge on any atom is 0.0699 e. The highest BCUT2D eigenvalue weighted by Gasteiger charge is 2.21. The average molecular weight is 227 g/mol. The van der Waals surface area contributed by atoms with Crippen LogP contribution in [0.15, 0.2) is 0 Å². The molecule has 2 nitrogen and oxygen atoms in total. The molecule has 1 aliphatic rings. The van der Waals surface area contributed by atoms with E-state index in [9.17, 15) is 0 Å². The summed E-state index contributed by atoms with van der Waals surface area (Å²) in [6.45, 7) is 8.79. The number of rotatable bonds is 10. The zero-order valence-electron chi connectivity index (χ0n) is 11.3. The summed E-state index contributed by atoms with van der Waals surface area (Å²) in [6.07, 6.45) is 8.09. The van der Waals surface area contributed by atoms with Crippen LogP contribution in [0.5, 0.6) is 0 Å². The molecule has 0 aromatic rings. The van der Waals surface area contributed by atoms with Gasteiger partial charge in [0.2, 0.25) is 0 Å². The lowest BCUT2D eigenvalue weighted by Crippen LogP contribution is -2.30. The Morgan fingerprint density at radius 1 is 1.25 bits per heavy atom. The van der Waals surface area contributed by atoms with Gasteiger partial charge in [-0.1, -0.05) is 27.2 Å². The van der Waals surface area contributed by atoms with Crippen molar-refractivity contribution in [3.8, 4) is 0 Å². The Labute approximate surface area is 101 Å². The molecule has 2 heteroatoms. The molecular formula is C14H29NO. The summed E-state index contributed by atoms with van der Waals surface area (Å²) in [5.41, 5.74) is 0. The Bertz CT molecular complexity index is 166. The first-order valence-electron chi connectivity index (χ1n) is 7.07. The topological polar surface area (TPSA) is 21.3 Å². The van der Waals surface area contributed by atoms with E-state index in [4.69, 9.17) is 4.74 Å². The van der Waals surface area contributed by atoms with Crippen LogP contribution < -0.4 is 5.32 Å². The lowest BCUT2D eigenvalue weighted by molar-refractivity contribution is 0.0432. The molecule has 0 amide bonds. The quantitative estimate of drug-likeness (QED) is 0.578. The van der Waals surface area contributed by atoms with Gasteiger partial charge in [0.1, 0.15) is 0 Å². The van der Waals surface area contributed by atoms with Gasteiger partial charge < -0.3 is 10.1 Å². The van der Waals surface area contributed by atoms with Crippen LogP contribution in [0, 0.1) is 5.92 Å². The van der Waals surface area contributed by atoms with Crippen LogP contribution in [0.2, 0.25) is 0 Å². The van der Waals surface area contributed by atoms with Crippen molar-refractivity contribution in [3.05, 3.63) is 0 Å². The predicted octanol–water partition coefficient (Wildman–Crippen LogP) is 3.36.